The second-order valence-corrected chi connectivity index (χ2v) is 9.75. The normalized spacial score (nSPS) is 11.3. The number of halogens is 3. The molecule has 1 amide bonds. The number of nitrogens with zero attached hydrogens (tertiary/aromatic N) is 2. The maximum absolute atomic E-state index is 14.6. The molecular weight excluding hydrogens is 510 g/mol. The third-order valence-corrected chi connectivity index (χ3v) is 6.80. The Morgan fingerprint density at radius 3 is 2.65 bits per heavy atom. The van der Waals surface area contributed by atoms with E-state index in [1.807, 2.05) is 11.6 Å². The molecule has 0 aliphatic rings. The molecule has 0 spiro atoms. The van der Waals surface area contributed by atoms with E-state index in [2.05, 4.69) is 25.3 Å². The number of carbonyl (C=O) groups is 1. The molecule has 3 rings (SSSR count). The topological polar surface area (TPSA) is 125 Å². The monoisotopic (exact) mass is 530 g/mol. The second-order valence-electron chi connectivity index (χ2n) is 6.88. The van der Waals surface area contributed by atoms with Gasteiger partial charge in [-0.2, -0.15) is 4.37 Å². The average Bonchev–Trinajstić information content (AvgIpc) is 3.29. The van der Waals surface area contributed by atoms with Gasteiger partial charge in [0.1, 0.15) is 22.9 Å². The minimum atomic E-state index is -4.42. The van der Waals surface area contributed by atoms with Gasteiger partial charge in [0.25, 0.3) is 15.9 Å². The van der Waals surface area contributed by atoms with E-state index in [0.29, 0.717) is 29.9 Å². The number of sulfonamides is 1. The molecule has 2 aromatic carbocycles. The Bertz CT molecular complexity index is 1260. The van der Waals surface area contributed by atoms with Gasteiger partial charge >= 0.3 is 0 Å². The van der Waals surface area contributed by atoms with Crippen LogP contribution in [-0.4, -0.2) is 43.3 Å². The summed E-state index contributed by atoms with van der Waals surface area (Å²) in [6, 6.07) is 5.92. The van der Waals surface area contributed by atoms with E-state index in [9.17, 15) is 22.0 Å². The number of amides is 1. The minimum Gasteiger partial charge on any atom is -0.383 e. The lowest BCUT2D eigenvalue weighted by molar-refractivity contribution is 0.0951. The Labute approximate surface area is 204 Å². The van der Waals surface area contributed by atoms with E-state index in [1.54, 1.807) is 6.07 Å². The smallest absolute Gasteiger partial charge is 0.266 e. The lowest BCUT2D eigenvalue weighted by Crippen LogP contribution is -2.26. The predicted octanol–water partition coefficient (Wildman–Crippen LogP) is 3.22. The Morgan fingerprint density at radius 1 is 1.15 bits per heavy atom. The number of aromatic nitrogens is 2. The Hall–Kier alpha value is -2.87. The van der Waals surface area contributed by atoms with Crippen molar-refractivity contribution in [2.24, 2.45) is 0 Å². The molecule has 1 heterocycles. The molecule has 34 heavy (non-hydrogen) atoms. The molecule has 0 aliphatic heterocycles. The first-order valence-electron chi connectivity index (χ1n) is 10.0. The number of benzene rings is 2. The van der Waals surface area contributed by atoms with Crippen molar-refractivity contribution in [1.82, 2.24) is 20.0 Å². The van der Waals surface area contributed by atoms with E-state index in [-0.39, 0.29) is 22.8 Å². The van der Waals surface area contributed by atoms with Crippen LogP contribution in [0.2, 0.25) is 5.02 Å². The van der Waals surface area contributed by atoms with Crippen molar-refractivity contribution in [1.29, 1.82) is 0 Å². The van der Waals surface area contributed by atoms with Crippen LogP contribution in [0, 0.1) is 11.6 Å². The summed E-state index contributed by atoms with van der Waals surface area (Å²) < 4.78 is 59.5. The van der Waals surface area contributed by atoms with E-state index >= 15 is 0 Å². The summed E-state index contributed by atoms with van der Waals surface area (Å²) in [7, 11) is -4.42. The molecule has 0 bridgehead atoms. The first kappa shape index (κ1) is 25.7. The average molecular weight is 531 g/mol. The van der Waals surface area contributed by atoms with Crippen LogP contribution in [-0.2, 0) is 16.6 Å². The molecule has 182 valence electrons. The minimum absolute atomic E-state index is 0.0889. The van der Waals surface area contributed by atoms with E-state index in [1.165, 1.54) is 12.1 Å². The summed E-state index contributed by atoms with van der Waals surface area (Å²) >= 11 is 6.77. The molecule has 0 radical (unpaired) electrons. The summed E-state index contributed by atoms with van der Waals surface area (Å²) in [5, 5.41) is 9.10. The largest absolute Gasteiger partial charge is 0.383 e. The molecule has 0 aliphatic carbocycles. The quantitative estimate of drug-likeness (QED) is 0.280. The zero-order valence-electron chi connectivity index (χ0n) is 17.9. The van der Waals surface area contributed by atoms with Crippen LogP contribution >= 0.6 is 23.1 Å². The summed E-state index contributed by atoms with van der Waals surface area (Å²) in [6.45, 7) is 3.60. The van der Waals surface area contributed by atoms with Crippen molar-refractivity contribution in [2.75, 3.05) is 29.7 Å². The second kappa shape index (κ2) is 11.5. The number of likely N-dealkylation sites (N-methyl/N-ethyl adjacent to an activating group) is 1. The van der Waals surface area contributed by atoms with Crippen LogP contribution in [0.3, 0.4) is 0 Å². The number of rotatable bonds is 11. The van der Waals surface area contributed by atoms with Crippen LogP contribution in [0.15, 0.2) is 41.6 Å². The van der Waals surface area contributed by atoms with Crippen LogP contribution in [0.4, 0.5) is 19.6 Å². The maximum atomic E-state index is 14.6. The molecule has 0 atom stereocenters. The van der Waals surface area contributed by atoms with Gasteiger partial charge < -0.3 is 16.0 Å². The predicted molar refractivity (Wildman–Crippen MR) is 127 cm³/mol. The van der Waals surface area contributed by atoms with Gasteiger partial charge in [-0.3, -0.25) is 9.52 Å². The first-order chi connectivity index (χ1) is 16.2. The van der Waals surface area contributed by atoms with Crippen LogP contribution in [0.5, 0.6) is 0 Å². The van der Waals surface area contributed by atoms with Crippen LogP contribution < -0.4 is 20.7 Å². The van der Waals surface area contributed by atoms with Gasteiger partial charge in [0.15, 0.2) is 0 Å². The molecule has 4 N–H and O–H groups in total. The number of carbonyl (C=O) groups excluding carboxylic acids is 1. The molecule has 9 nitrogen and oxygen atoms in total. The zero-order valence-corrected chi connectivity index (χ0v) is 20.3. The highest BCUT2D eigenvalue weighted by atomic mass is 35.5. The number of hydrogen-bond acceptors (Lipinski definition) is 8. The first-order valence-corrected chi connectivity index (χ1v) is 12.6. The van der Waals surface area contributed by atoms with E-state index in [0.717, 1.165) is 30.5 Å². The van der Waals surface area contributed by atoms with Crippen LogP contribution in [0.25, 0.3) is 0 Å². The molecule has 1 aromatic heterocycles. The molecule has 0 saturated heterocycles. The molecular formula is C20H21ClF2N6O3S2. The molecule has 3 aromatic rings. The fourth-order valence-corrected chi connectivity index (χ4v) is 4.80. The maximum Gasteiger partial charge on any atom is 0.266 e. The highest BCUT2D eigenvalue weighted by Crippen LogP contribution is 2.24. The fraction of sp³-hybridized carbons (Fsp3) is 0.250. The summed E-state index contributed by atoms with van der Waals surface area (Å²) in [5.41, 5.74) is 0.525. The lowest BCUT2D eigenvalue weighted by atomic mass is 10.1. The summed E-state index contributed by atoms with van der Waals surface area (Å²) in [6.07, 6.45) is 1.12. The van der Waals surface area contributed by atoms with Crippen molar-refractivity contribution < 1.29 is 22.0 Å². The van der Waals surface area contributed by atoms with Crippen molar-refractivity contribution >= 4 is 49.9 Å². The van der Waals surface area contributed by atoms with Crippen molar-refractivity contribution in [3.8, 4) is 0 Å². The molecule has 0 unspecified atom stereocenters. The van der Waals surface area contributed by atoms with Crippen molar-refractivity contribution in [2.45, 2.75) is 18.4 Å². The van der Waals surface area contributed by atoms with Gasteiger partial charge in [-0.25, -0.2) is 22.2 Å². The van der Waals surface area contributed by atoms with Crippen molar-refractivity contribution in [3.05, 3.63) is 64.4 Å². The number of hydrogen-bond donors (Lipinski definition) is 4. The van der Waals surface area contributed by atoms with E-state index in [4.69, 9.17) is 11.6 Å². The van der Waals surface area contributed by atoms with Gasteiger partial charge in [-0.05, 0) is 36.9 Å². The van der Waals surface area contributed by atoms with Gasteiger partial charge in [-0.1, -0.05) is 18.5 Å². The van der Waals surface area contributed by atoms with Crippen LogP contribution in [0.1, 0.15) is 22.8 Å². The zero-order chi connectivity index (χ0) is 24.7. The summed E-state index contributed by atoms with van der Waals surface area (Å²) in [5.74, 6) is -2.73. The Balaban J connectivity index is 1.72. The van der Waals surface area contributed by atoms with Crippen molar-refractivity contribution in [3.63, 3.8) is 0 Å². The van der Waals surface area contributed by atoms with E-state index < -0.39 is 32.5 Å². The highest BCUT2D eigenvalue weighted by molar-refractivity contribution is 7.93. The number of nitrogens with one attached hydrogen (secondary N) is 4. The SMILES string of the molecule is CCNCCNc1cc(Cl)ccc1C(=O)NCc1cc(F)c(S(=O)(=O)Nc2ncns2)cc1F. The third-order valence-electron chi connectivity index (χ3n) is 4.51. The lowest BCUT2D eigenvalue weighted by Gasteiger charge is -2.14. The number of anilines is 2. The van der Waals surface area contributed by atoms with Gasteiger partial charge in [0, 0.05) is 47.4 Å². The molecule has 14 heteroatoms. The Morgan fingerprint density at radius 2 is 1.94 bits per heavy atom. The Kier molecular flexibility index (Phi) is 8.72. The molecule has 0 fully saturated rings. The highest BCUT2D eigenvalue weighted by Gasteiger charge is 2.23. The fourth-order valence-electron chi connectivity index (χ4n) is 2.89. The van der Waals surface area contributed by atoms with Gasteiger partial charge in [0.05, 0.1) is 5.56 Å². The van der Waals surface area contributed by atoms with Gasteiger partial charge in [0.2, 0.25) is 5.13 Å². The molecule has 0 saturated carbocycles. The summed E-state index contributed by atoms with van der Waals surface area (Å²) in [4.78, 5) is 15.5. The third kappa shape index (κ3) is 6.59. The standard InChI is InChI=1S/C20H21ClF2N6O3S2/c1-2-24-5-6-25-17-8-13(21)3-4-14(17)19(30)26-10-12-7-16(23)18(9-15(12)22)34(31,32)29-20-27-11-28-33-20/h3-4,7-9,11,24-25H,2,5-6,10H2,1H3,(H,26,30)(H,27,28,29). The van der Waals surface area contributed by atoms with Gasteiger partial charge in [-0.15, -0.1) is 0 Å².